The van der Waals surface area contributed by atoms with E-state index < -0.39 is 29.5 Å². The minimum Gasteiger partial charge on any atom is -0.468 e. The number of amides is 4. The zero-order valence-corrected chi connectivity index (χ0v) is 25.4. The Morgan fingerprint density at radius 3 is 2.50 bits per heavy atom. The highest BCUT2D eigenvalue weighted by Crippen LogP contribution is 2.39. The number of likely N-dealkylation sites (tertiary alicyclic amines) is 1. The molecule has 0 atom stereocenters. The minimum absolute atomic E-state index is 0.0234. The molecule has 1 saturated heterocycles. The SMILES string of the molecule is COC(=O)CNC(=O)CNC(=O)Cn1nc(C2CCN(C(=O)CCC(N)=O)CC2)c2c(-c3cc4c(cnn4C)cc3F)ccnc21. The molecule has 4 N–H and O–H groups in total. The smallest absolute Gasteiger partial charge is 0.325 e. The van der Waals surface area contributed by atoms with Crippen LogP contribution in [-0.2, 0) is 42.3 Å². The van der Waals surface area contributed by atoms with E-state index in [1.54, 1.807) is 35.0 Å². The predicted molar refractivity (Wildman–Crippen MR) is 162 cm³/mol. The summed E-state index contributed by atoms with van der Waals surface area (Å²) in [5.74, 6) is -3.05. The lowest BCUT2D eigenvalue weighted by molar-refractivity contribution is -0.141. The maximum atomic E-state index is 15.6. The Labute approximate surface area is 262 Å². The first-order chi connectivity index (χ1) is 22.0. The van der Waals surface area contributed by atoms with Gasteiger partial charge in [-0.15, -0.1) is 0 Å². The first-order valence-corrected chi connectivity index (χ1v) is 14.7. The number of hydrogen-bond donors (Lipinski definition) is 3. The molecule has 46 heavy (non-hydrogen) atoms. The van der Waals surface area contributed by atoms with Gasteiger partial charge in [0.2, 0.25) is 23.6 Å². The van der Waals surface area contributed by atoms with Crippen molar-refractivity contribution in [3.05, 3.63) is 42.1 Å². The zero-order chi connectivity index (χ0) is 33.0. The number of esters is 1. The van der Waals surface area contributed by atoms with Crippen molar-refractivity contribution in [3.8, 4) is 11.1 Å². The van der Waals surface area contributed by atoms with Gasteiger partial charge in [-0.25, -0.2) is 14.1 Å². The standard InChI is InChI=1S/C30H34FN9O6/c1-38-22-12-20(21(31)11-18(22)13-36-38)19-5-8-33-30-28(19)29(17-6-9-39(10-7-17)26(44)4-3-23(32)41)37-40(30)16-25(43)34-14-24(42)35-15-27(45)46-2/h5,8,11-13,17H,3-4,6-7,9-10,14-16H2,1-2H3,(H2,32,41)(H,34,43)(H,35,42). The second kappa shape index (κ2) is 13.7. The fourth-order valence-corrected chi connectivity index (χ4v) is 5.59. The van der Waals surface area contributed by atoms with Gasteiger partial charge in [0.1, 0.15) is 18.9 Å². The van der Waals surface area contributed by atoms with Crippen LogP contribution in [0.4, 0.5) is 4.39 Å². The van der Waals surface area contributed by atoms with Crippen molar-refractivity contribution < 1.29 is 33.1 Å². The van der Waals surface area contributed by atoms with Crippen molar-refractivity contribution >= 4 is 51.5 Å². The van der Waals surface area contributed by atoms with Gasteiger partial charge in [-0.1, -0.05) is 0 Å². The summed E-state index contributed by atoms with van der Waals surface area (Å²) < 4.78 is 23.2. The third-order valence-electron chi connectivity index (χ3n) is 8.00. The quantitative estimate of drug-likeness (QED) is 0.197. The van der Waals surface area contributed by atoms with Crippen molar-refractivity contribution in [2.24, 2.45) is 12.8 Å². The van der Waals surface area contributed by atoms with Gasteiger partial charge in [0, 0.05) is 56.0 Å². The van der Waals surface area contributed by atoms with Gasteiger partial charge in [-0.05, 0) is 36.6 Å². The number of nitrogens with one attached hydrogen (secondary N) is 2. The van der Waals surface area contributed by atoms with Crippen LogP contribution in [-0.4, -0.2) is 92.3 Å². The van der Waals surface area contributed by atoms with Gasteiger partial charge >= 0.3 is 5.97 Å². The molecule has 1 aromatic carbocycles. The molecular weight excluding hydrogens is 601 g/mol. The average molecular weight is 636 g/mol. The molecule has 4 heterocycles. The highest BCUT2D eigenvalue weighted by Gasteiger charge is 2.30. The third-order valence-corrected chi connectivity index (χ3v) is 8.00. The summed E-state index contributed by atoms with van der Waals surface area (Å²) in [5.41, 5.74) is 7.74. The van der Waals surface area contributed by atoms with E-state index in [0.29, 0.717) is 59.2 Å². The molecule has 0 radical (unpaired) electrons. The van der Waals surface area contributed by atoms with Crippen LogP contribution in [0.2, 0.25) is 0 Å². The molecule has 0 aliphatic carbocycles. The van der Waals surface area contributed by atoms with Crippen molar-refractivity contribution in [1.82, 2.24) is 40.1 Å². The van der Waals surface area contributed by atoms with Crippen LogP contribution in [0.5, 0.6) is 0 Å². The van der Waals surface area contributed by atoms with E-state index in [0.717, 1.165) is 5.52 Å². The Bertz CT molecular complexity index is 1830. The molecule has 242 valence electrons. The van der Waals surface area contributed by atoms with Crippen LogP contribution >= 0.6 is 0 Å². The Morgan fingerprint density at radius 1 is 1.04 bits per heavy atom. The molecule has 0 unspecified atom stereocenters. The maximum Gasteiger partial charge on any atom is 0.325 e. The molecule has 4 amide bonds. The lowest BCUT2D eigenvalue weighted by Gasteiger charge is -2.31. The van der Waals surface area contributed by atoms with Crippen molar-refractivity contribution in [1.29, 1.82) is 0 Å². The molecule has 4 aromatic rings. The Kier molecular flexibility index (Phi) is 9.53. The average Bonchev–Trinajstić information content (AvgIpc) is 3.60. The van der Waals surface area contributed by atoms with Gasteiger partial charge in [-0.2, -0.15) is 10.2 Å². The van der Waals surface area contributed by atoms with E-state index >= 15 is 4.39 Å². The molecule has 5 rings (SSSR count). The molecule has 15 nitrogen and oxygen atoms in total. The molecule has 0 spiro atoms. The van der Waals surface area contributed by atoms with Gasteiger partial charge in [0.25, 0.3) is 0 Å². The molecule has 1 fully saturated rings. The number of aryl methyl sites for hydroxylation is 1. The summed E-state index contributed by atoms with van der Waals surface area (Å²) in [7, 11) is 2.96. The van der Waals surface area contributed by atoms with E-state index in [4.69, 9.17) is 10.8 Å². The number of primary amides is 1. The fraction of sp³-hybridized carbons (Fsp3) is 0.400. The van der Waals surface area contributed by atoms with E-state index in [-0.39, 0.29) is 44.3 Å². The topological polar surface area (TPSA) is 196 Å². The van der Waals surface area contributed by atoms with Crippen LogP contribution < -0.4 is 16.4 Å². The highest BCUT2D eigenvalue weighted by molar-refractivity contribution is 5.98. The first-order valence-electron chi connectivity index (χ1n) is 14.7. The number of nitrogens with two attached hydrogens (primary N) is 1. The lowest BCUT2D eigenvalue weighted by Crippen LogP contribution is -2.40. The number of nitrogens with zero attached hydrogens (tertiary/aromatic N) is 6. The van der Waals surface area contributed by atoms with Gasteiger partial charge in [0.15, 0.2) is 5.65 Å². The third kappa shape index (κ3) is 6.95. The lowest BCUT2D eigenvalue weighted by atomic mass is 9.89. The second-order valence-corrected chi connectivity index (χ2v) is 11.0. The van der Waals surface area contributed by atoms with Gasteiger partial charge < -0.3 is 26.0 Å². The fourth-order valence-electron chi connectivity index (χ4n) is 5.59. The van der Waals surface area contributed by atoms with E-state index in [1.807, 2.05) is 0 Å². The van der Waals surface area contributed by atoms with Crippen LogP contribution in [0, 0.1) is 5.82 Å². The van der Waals surface area contributed by atoms with E-state index in [9.17, 15) is 24.0 Å². The normalized spacial score (nSPS) is 13.6. The van der Waals surface area contributed by atoms with Gasteiger partial charge in [-0.3, -0.25) is 28.7 Å². The number of aromatic nitrogens is 5. The zero-order valence-electron chi connectivity index (χ0n) is 25.4. The van der Waals surface area contributed by atoms with Crippen LogP contribution in [0.3, 0.4) is 0 Å². The Morgan fingerprint density at radius 2 is 1.78 bits per heavy atom. The second-order valence-electron chi connectivity index (χ2n) is 11.0. The van der Waals surface area contributed by atoms with Crippen LogP contribution in [0.15, 0.2) is 30.6 Å². The molecule has 1 aliphatic heterocycles. The van der Waals surface area contributed by atoms with Crippen molar-refractivity contribution in [3.63, 3.8) is 0 Å². The van der Waals surface area contributed by atoms with Gasteiger partial charge in [0.05, 0.1) is 36.4 Å². The molecular formula is C30H34FN9O6. The van der Waals surface area contributed by atoms with Crippen molar-refractivity contribution in [2.45, 2.75) is 38.1 Å². The number of halogens is 1. The molecule has 3 aromatic heterocycles. The van der Waals surface area contributed by atoms with E-state index in [2.05, 4.69) is 25.5 Å². The van der Waals surface area contributed by atoms with Crippen LogP contribution in [0.25, 0.3) is 33.1 Å². The summed E-state index contributed by atoms with van der Waals surface area (Å²) in [6, 6.07) is 4.84. The number of benzene rings is 1. The number of methoxy groups -OCH3 is 1. The molecule has 0 saturated carbocycles. The number of pyridine rings is 1. The minimum atomic E-state index is -0.628. The first kappa shape index (κ1) is 32.0. The molecule has 0 bridgehead atoms. The highest BCUT2D eigenvalue weighted by atomic mass is 19.1. The van der Waals surface area contributed by atoms with Crippen molar-refractivity contribution in [2.75, 3.05) is 33.3 Å². The van der Waals surface area contributed by atoms with Crippen LogP contribution in [0.1, 0.15) is 37.3 Å². The molecule has 1 aliphatic rings. The Balaban J connectivity index is 1.45. The summed E-state index contributed by atoms with van der Waals surface area (Å²) in [5, 5.41) is 15.1. The Hall–Kier alpha value is -5.41. The number of fused-ring (bicyclic) bond motifs is 2. The monoisotopic (exact) mass is 635 g/mol. The summed E-state index contributed by atoms with van der Waals surface area (Å²) in [6.07, 6.45) is 4.20. The summed E-state index contributed by atoms with van der Waals surface area (Å²) in [4.78, 5) is 66.2. The predicted octanol–water partition coefficient (Wildman–Crippen LogP) is 0.501. The number of carbonyl (C=O) groups is 5. The summed E-state index contributed by atoms with van der Waals surface area (Å²) >= 11 is 0. The number of carbonyl (C=O) groups excluding carboxylic acids is 5. The number of ether oxygens (including phenoxy) is 1. The number of piperidine rings is 1. The number of hydrogen-bond acceptors (Lipinski definition) is 9. The maximum absolute atomic E-state index is 15.6. The van der Waals surface area contributed by atoms with E-state index in [1.165, 1.54) is 24.1 Å². The number of rotatable bonds is 11. The summed E-state index contributed by atoms with van der Waals surface area (Å²) in [6.45, 7) is -0.156. The largest absolute Gasteiger partial charge is 0.468 e. The molecule has 16 heteroatoms.